The molecule has 1 N–H and O–H groups in total. The van der Waals surface area contributed by atoms with E-state index in [2.05, 4.69) is 26.8 Å². The Morgan fingerprint density at radius 3 is 2.33 bits per heavy atom. The van der Waals surface area contributed by atoms with Crippen LogP contribution in [0.1, 0.15) is 52.9 Å². The van der Waals surface area contributed by atoms with Crippen molar-refractivity contribution in [3.05, 3.63) is 11.6 Å². The number of hydrogen-bond donors (Lipinski definition) is 1. The van der Waals surface area contributed by atoms with Gasteiger partial charge in [0.05, 0.1) is 6.10 Å². The minimum atomic E-state index is -0.188. The van der Waals surface area contributed by atoms with Gasteiger partial charge in [0.15, 0.2) is 0 Å². The zero-order valence-corrected chi connectivity index (χ0v) is 8.64. The Morgan fingerprint density at radius 1 is 1.25 bits per heavy atom. The Bertz CT molecular complexity index is 127. The predicted octanol–water partition coefficient (Wildman–Crippen LogP) is 3.28. The minimum absolute atomic E-state index is 0.188. The van der Waals surface area contributed by atoms with E-state index in [0.29, 0.717) is 0 Å². The van der Waals surface area contributed by atoms with E-state index in [1.165, 1.54) is 12.0 Å². The molecule has 0 amide bonds. The molecule has 72 valence electrons. The zero-order chi connectivity index (χ0) is 9.40. The van der Waals surface area contributed by atoms with Crippen LogP contribution in [0, 0.1) is 0 Å². The van der Waals surface area contributed by atoms with Crippen LogP contribution in [0.15, 0.2) is 11.6 Å². The van der Waals surface area contributed by atoms with Gasteiger partial charge < -0.3 is 5.11 Å². The summed E-state index contributed by atoms with van der Waals surface area (Å²) in [5.41, 5.74) is 1.22. The molecule has 0 heterocycles. The molecular formula is C11H22O. The molecule has 0 saturated heterocycles. The first-order chi connectivity index (χ1) is 5.76. The van der Waals surface area contributed by atoms with Crippen molar-refractivity contribution in [3.8, 4) is 0 Å². The van der Waals surface area contributed by atoms with E-state index in [1.807, 2.05) is 0 Å². The lowest BCUT2D eigenvalue weighted by Gasteiger charge is -2.12. The lowest BCUT2D eigenvalue weighted by molar-refractivity contribution is 0.195. The maximum atomic E-state index is 9.67. The molecular weight excluding hydrogens is 148 g/mol. The Hall–Kier alpha value is -0.300. The molecule has 1 nitrogen and oxygen atoms in total. The van der Waals surface area contributed by atoms with Crippen molar-refractivity contribution < 1.29 is 5.11 Å². The van der Waals surface area contributed by atoms with Crippen LogP contribution in [0.3, 0.4) is 0 Å². The maximum Gasteiger partial charge on any atom is 0.0749 e. The highest BCUT2D eigenvalue weighted by atomic mass is 16.3. The van der Waals surface area contributed by atoms with E-state index in [-0.39, 0.29) is 6.10 Å². The van der Waals surface area contributed by atoms with Gasteiger partial charge in [0, 0.05) is 0 Å². The van der Waals surface area contributed by atoms with Crippen molar-refractivity contribution in [1.82, 2.24) is 0 Å². The smallest absolute Gasteiger partial charge is 0.0749 e. The Morgan fingerprint density at radius 2 is 1.92 bits per heavy atom. The molecule has 0 aliphatic carbocycles. The first-order valence-electron chi connectivity index (χ1n) is 5.13. The van der Waals surface area contributed by atoms with E-state index >= 15 is 0 Å². The van der Waals surface area contributed by atoms with E-state index in [9.17, 15) is 5.11 Å². The first kappa shape index (κ1) is 11.7. The third-order valence-corrected chi connectivity index (χ3v) is 2.09. The molecule has 0 aliphatic heterocycles. The lowest BCUT2D eigenvalue weighted by Crippen LogP contribution is -2.09. The molecule has 0 aromatic rings. The van der Waals surface area contributed by atoms with E-state index < -0.39 is 0 Å². The number of rotatable bonds is 6. The molecule has 0 rings (SSSR count). The van der Waals surface area contributed by atoms with Gasteiger partial charge in [0.1, 0.15) is 0 Å². The highest BCUT2D eigenvalue weighted by molar-refractivity contribution is 5.06. The number of aliphatic hydroxyl groups excluding tert-OH is 1. The van der Waals surface area contributed by atoms with Gasteiger partial charge in [-0.1, -0.05) is 39.7 Å². The SMILES string of the molecule is CCCC=C(CC)C(O)CCC. The standard InChI is InChI=1S/C11H22O/c1-4-7-9-10(6-3)11(12)8-5-2/h9,11-12H,4-8H2,1-3H3. The topological polar surface area (TPSA) is 20.2 Å². The van der Waals surface area contributed by atoms with Crippen LogP contribution in [0.2, 0.25) is 0 Å². The summed E-state index contributed by atoms with van der Waals surface area (Å²) < 4.78 is 0. The van der Waals surface area contributed by atoms with E-state index in [0.717, 1.165) is 25.7 Å². The minimum Gasteiger partial charge on any atom is -0.389 e. The van der Waals surface area contributed by atoms with Gasteiger partial charge >= 0.3 is 0 Å². The molecule has 0 radical (unpaired) electrons. The van der Waals surface area contributed by atoms with Gasteiger partial charge in [-0.2, -0.15) is 0 Å². The van der Waals surface area contributed by atoms with Crippen LogP contribution < -0.4 is 0 Å². The Kier molecular flexibility index (Phi) is 7.17. The highest BCUT2D eigenvalue weighted by Gasteiger charge is 2.06. The Labute approximate surface area is 76.5 Å². The highest BCUT2D eigenvalue weighted by Crippen LogP contribution is 2.13. The van der Waals surface area contributed by atoms with Gasteiger partial charge in [0.2, 0.25) is 0 Å². The van der Waals surface area contributed by atoms with Crippen LogP contribution in [-0.4, -0.2) is 11.2 Å². The third kappa shape index (κ3) is 4.55. The summed E-state index contributed by atoms with van der Waals surface area (Å²) >= 11 is 0. The Balaban J connectivity index is 3.94. The van der Waals surface area contributed by atoms with Crippen molar-refractivity contribution in [2.45, 2.75) is 59.0 Å². The second-order valence-electron chi connectivity index (χ2n) is 3.23. The molecule has 0 spiro atoms. The van der Waals surface area contributed by atoms with Crippen molar-refractivity contribution in [2.24, 2.45) is 0 Å². The van der Waals surface area contributed by atoms with Gasteiger partial charge in [-0.15, -0.1) is 0 Å². The van der Waals surface area contributed by atoms with Crippen molar-refractivity contribution in [3.63, 3.8) is 0 Å². The summed E-state index contributed by atoms with van der Waals surface area (Å²) in [5, 5.41) is 9.67. The zero-order valence-electron chi connectivity index (χ0n) is 8.64. The molecule has 0 fully saturated rings. The summed E-state index contributed by atoms with van der Waals surface area (Å²) in [4.78, 5) is 0. The fourth-order valence-electron chi connectivity index (χ4n) is 1.30. The summed E-state index contributed by atoms with van der Waals surface area (Å²) in [6.45, 7) is 6.38. The molecule has 0 bridgehead atoms. The molecule has 0 saturated carbocycles. The van der Waals surface area contributed by atoms with Crippen LogP contribution >= 0.6 is 0 Å². The second kappa shape index (κ2) is 7.35. The fraction of sp³-hybridized carbons (Fsp3) is 0.818. The van der Waals surface area contributed by atoms with Crippen molar-refractivity contribution in [1.29, 1.82) is 0 Å². The average Bonchev–Trinajstić information content (AvgIpc) is 2.06. The van der Waals surface area contributed by atoms with Crippen LogP contribution in [0.4, 0.5) is 0 Å². The van der Waals surface area contributed by atoms with Gasteiger partial charge in [-0.3, -0.25) is 0 Å². The molecule has 1 atom stereocenters. The summed E-state index contributed by atoms with van der Waals surface area (Å²) in [7, 11) is 0. The molecule has 1 unspecified atom stereocenters. The summed E-state index contributed by atoms with van der Waals surface area (Å²) in [6, 6.07) is 0. The number of aliphatic hydroxyl groups is 1. The normalized spacial score (nSPS) is 14.8. The largest absolute Gasteiger partial charge is 0.389 e. The first-order valence-corrected chi connectivity index (χ1v) is 5.13. The summed E-state index contributed by atoms with van der Waals surface area (Å²) in [5.74, 6) is 0. The number of allylic oxidation sites excluding steroid dienone is 1. The maximum absolute atomic E-state index is 9.67. The average molecular weight is 170 g/mol. The van der Waals surface area contributed by atoms with Gasteiger partial charge in [0.25, 0.3) is 0 Å². The quantitative estimate of drug-likeness (QED) is 0.606. The number of hydrogen-bond acceptors (Lipinski definition) is 1. The van der Waals surface area contributed by atoms with Gasteiger partial charge in [-0.05, 0) is 24.8 Å². The van der Waals surface area contributed by atoms with Crippen molar-refractivity contribution >= 4 is 0 Å². The molecule has 0 aromatic heterocycles. The third-order valence-electron chi connectivity index (χ3n) is 2.09. The fourth-order valence-corrected chi connectivity index (χ4v) is 1.30. The van der Waals surface area contributed by atoms with Crippen LogP contribution in [0.5, 0.6) is 0 Å². The van der Waals surface area contributed by atoms with E-state index in [4.69, 9.17) is 0 Å². The number of unbranched alkanes of at least 4 members (excludes halogenated alkanes) is 1. The van der Waals surface area contributed by atoms with Crippen LogP contribution in [-0.2, 0) is 0 Å². The van der Waals surface area contributed by atoms with Crippen LogP contribution in [0.25, 0.3) is 0 Å². The van der Waals surface area contributed by atoms with Gasteiger partial charge in [-0.25, -0.2) is 0 Å². The predicted molar refractivity (Wildman–Crippen MR) is 54.2 cm³/mol. The monoisotopic (exact) mass is 170 g/mol. The lowest BCUT2D eigenvalue weighted by atomic mass is 10.0. The second-order valence-corrected chi connectivity index (χ2v) is 3.23. The molecule has 12 heavy (non-hydrogen) atoms. The van der Waals surface area contributed by atoms with E-state index in [1.54, 1.807) is 0 Å². The van der Waals surface area contributed by atoms with Crippen molar-refractivity contribution in [2.75, 3.05) is 0 Å². The molecule has 1 heteroatoms. The summed E-state index contributed by atoms with van der Waals surface area (Å²) in [6.07, 6.45) is 7.23. The molecule has 0 aliphatic rings. The molecule has 0 aromatic carbocycles.